The van der Waals surface area contributed by atoms with E-state index in [0.29, 0.717) is 24.8 Å². The first kappa shape index (κ1) is 17.6. The van der Waals surface area contributed by atoms with Gasteiger partial charge in [0.1, 0.15) is 5.75 Å². The van der Waals surface area contributed by atoms with Gasteiger partial charge in [-0.1, -0.05) is 12.1 Å². The predicted molar refractivity (Wildman–Crippen MR) is 93.6 cm³/mol. The molecular formula is C19H26N2O4. The van der Waals surface area contributed by atoms with E-state index in [4.69, 9.17) is 4.74 Å². The molecule has 2 amide bonds. The van der Waals surface area contributed by atoms with Gasteiger partial charge in [0.15, 0.2) is 0 Å². The summed E-state index contributed by atoms with van der Waals surface area (Å²) in [5, 5.41) is 2.74. The average molecular weight is 346 g/mol. The number of amides is 2. The quantitative estimate of drug-likeness (QED) is 0.890. The summed E-state index contributed by atoms with van der Waals surface area (Å²) in [6.07, 6.45) is 2.95. The van der Waals surface area contributed by atoms with Crippen LogP contribution in [-0.2, 0) is 9.53 Å². The standard InChI is InChI=1S/C19H26N2O4/c1-21(18(22)14-7-15(8-14)20-19(23)25-3)16-9-13(10-16)12-5-4-6-17(11-12)24-2/h4-6,11,13-16H,7-10H2,1-3H3,(H,20,23). The molecule has 6 nitrogen and oxygen atoms in total. The Morgan fingerprint density at radius 2 is 1.88 bits per heavy atom. The molecule has 1 aromatic rings. The summed E-state index contributed by atoms with van der Waals surface area (Å²) in [6, 6.07) is 8.53. The molecule has 0 atom stereocenters. The summed E-state index contributed by atoms with van der Waals surface area (Å²) >= 11 is 0. The number of rotatable bonds is 5. The van der Waals surface area contributed by atoms with Crippen LogP contribution in [0.25, 0.3) is 0 Å². The van der Waals surface area contributed by atoms with Crippen molar-refractivity contribution in [2.24, 2.45) is 5.92 Å². The molecule has 3 rings (SSSR count). The lowest BCUT2D eigenvalue weighted by molar-refractivity contribution is -0.141. The maximum atomic E-state index is 12.6. The lowest BCUT2D eigenvalue weighted by atomic mass is 9.73. The Morgan fingerprint density at radius 3 is 2.52 bits per heavy atom. The topological polar surface area (TPSA) is 67.9 Å². The van der Waals surface area contributed by atoms with Crippen molar-refractivity contribution in [3.05, 3.63) is 29.8 Å². The summed E-state index contributed by atoms with van der Waals surface area (Å²) in [6.45, 7) is 0. The number of benzene rings is 1. The fraction of sp³-hybridized carbons (Fsp3) is 0.579. The van der Waals surface area contributed by atoms with Gasteiger partial charge in [-0.3, -0.25) is 4.79 Å². The Morgan fingerprint density at radius 1 is 1.16 bits per heavy atom. The van der Waals surface area contributed by atoms with E-state index in [1.54, 1.807) is 7.11 Å². The van der Waals surface area contributed by atoms with Crippen molar-refractivity contribution in [2.45, 2.75) is 43.7 Å². The minimum Gasteiger partial charge on any atom is -0.497 e. The van der Waals surface area contributed by atoms with Gasteiger partial charge in [0.25, 0.3) is 0 Å². The van der Waals surface area contributed by atoms with Gasteiger partial charge in [0, 0.05) is 25.0 Å². The molecular weight excluding hydrogens is 320 g/mol. The molecule has 2 aliphatic carbocycles. The zero-order valence-corrected chi connectivity index (χ0v) is 15.0. The number of nitrogens with one attached hydrogen (secondary N) is 1. The van der Waals surface area contributed by atoms with Crippen molar-refractivity contribution in [3.8, 4) is 5.75 Å². The number of carbonyl (C=O) groups excluding carboxylic acids is 2. The first-order valence-corrected chi connectivity index (χ1v) is 8.77. The van der Waals surface area contributed by atoms with Crippen LogP contribution in [-0.4, -0.2) is 50.3 Å². The van der Waals surface area contributed by atoms with Crippen LogP contribution in [0.3, 0.4) is 0 Å². The van der Waals surface area contributed by atoms with Crippen molar-refractivity contribution in [2.75, 3.05) is 21.3 Å². The maximum absolute atomic E-state index is 12.6. The minimum atomic E-state index is -0.427. The third kappa shape index (κ3) is 3.72. The highest BCUT2D eigenvalue weighted by molar-refractivity contribution is 5.80. The SMILES string of the molecule is COC(=O)NC1CC(C(=O)N(C)C2CC(c3cccc(OC)c3)C2)C1. The van der Waals surface area contributed by atoms with Crippen LogP contribution in [0.2, 0.25) is 0 Å². The Balaban J connectivity index is 1.45. The Bertz CT molecular complexity index is 636. The van der Waals surface area contributed by atoms with Crippen molar-refractivity contribution in [1.29, 1.82) is 0 Å². The molecule has 0 aromatic heterocycles. The molecule has 2 saturated carbocycles. The molecule has 1 aromatic carbocycles. The first-order valence-electron chi connectivity index (χ1n) is 8.77. The van der Waals surface area contributed by atoms with Crippen LogP contribution in [0.15, 0.2) is 24.3 Å². The summed E-state index contributed by atoms with van der Waals surface area (Å²) in [7, 11) is 4.92. The number of nitrogens with zero attached hydrogens (tertiary/aromatic N) is 1. The van der Waals surface area contributed by atoms with Gasteiger partial charge < -0.3 is 19.7 Å². The van der Waals surface area contributed by atoms with E-state index >= 15 is 0 Å². The molecule has 0 unspecified atom stereocenters. The zero-order chi connectivity index (χ0) is 18.0. The largest absolute Gasteiger partial charge is 0.497 e. The zero-order valence-electron chi connectivity index (χ0n) is 15.0. The lowest BCUT2D eigenvalue weighted by Gasteiger charge is -2.45. The van der Waals surface area contributed by atoms with Crippen LogP contribution in [0.5, 0.6) is 5.75 Å². The second kappa shape index (κ2) is 7.33. The number of carbonyl (C=O) groups is 2. The Labute approximate surface area is 148 Å². The van der Waals surface area contributed by atoms with Gasteiger partial charge in [-0.05, 0) is 49.3 Å². The van der Waals surface area contributed by atoms with Crippen LogP contribution in [0.1, 0.15) is 37.2 Å². The van der Waals surface area contributed by atoms with Crippen molar-refractivity contribution >= 4 is 12.0 Å². The normalized spacial score (nSPS) is 27.5. The summed E-state index contributed by atoms with van der Waals surface area (Å²) in [5.74, 6) is 1.58. The Hall–Kier alpha value is -2.24. The molecule has 0 spiro atoms. The van der Waals surface area contributed by atoms with Gasteiger partial charge >= 0.3 is 6.09 Å². The van der Waals surface area contributed by atoms with E-state index < -0.39 is 6.09 Å². The van der Waals surface area contributed by atoms with Gasteiger partial charge in [0.05, 0.1) is 14.2 Å². The highest BCUT2D eigenvalue weighted by atomic mass is 16.5. The molecule has 1 N–H and O–H groups in total. The van der Waals surface area contributed by atoms with Crippen LogP contribution >= 0.6 is 0 Å². The highest BCUT2D eigenvalue weighted by Gasteiger charge is 2.41. The molecule has 2 aliphatic rings. The fourth-order valence-electron chi connectivity index (χ4n) is 3.70. The fourth-order valence-corrected chi connectivity index (χ4v) is 3.70. The molecule has 0 saturated heterocycles. The van der Waals surface area contributed by atoms with E-state index in [1.807, 2.05) is 24.1 Å². The lowest BCUT2D eigenvalue weighted by Crippen LogP contribution is -2.53. The monoisotopic (exact) mass is 346 g/mol. The van der Waals surface area contributed by atoms with E-state index in [-0.39, 0.29) is 17.9 Å². The molecule has 0 bridgehead atoms. The van der Waals surface area contributed by atoms with Crippen LogP contribution < -0.4 is 10.1 Å². The summed E-state index contributed by atoms with van der Waals surface area (Å²) < 4.78 is 9.86. The van der Waals surface area contributed by atoms with Crippen molar-refractivity contribution < 1.29 is 19.1 Å². The van der Waals surface area contributed by atoms with Crippen LogP contribution in [0.4, 0.5) is 4.79 Å². The number of ether oxygens (including phenoxy) is 2. The molecule has 2 fully saturated rings. The molecule has 25 heavy (non-hydrogen) atoms. The van der Waals surface area contributed by atoms with E-state index in [2.05, 4.69) is 22.2 Å². The van der Waals surface area contributed by atoms with E-state index in [0.717, 1.165) is 18.6 Å². The van der Waals surface area contributed by atoms with Crippen molar-refractivity contribution in [1.82, 2.24) is 10.2 Å². The first-order chi connectivity index (χ1) is 12.0. The molecule has 0 heterocycles. The number of alkyl carbamates (subject to hydrolysis) is 1. The van der Waals surface area contributed by atoms with Gasteiger partial charge in [-0.25, -0.2) is 4.79 Å². The Kier molecular flexibility index (Phi) is 5.16. The predicted octanol–water partition coefficient (Wildman–Crippen LogP) is 2.53. The molecule has 0 aliphatic heterocycles. The second-order valence-electron chi connectivity index (χ2n) is 7.05. The average Bonchev–Trinajstić information content (AvgIpc) is 2.55. The smallest absolute Gasteiger partial charge is 0.407 e. The third-order valence-electron chi connectivity index (χ3n) is 5.57. The van der Waals surface area contributed by atoms with Gasteiger partial charge in [-0.2, -0.15) is 0 Å². The van der Waals surface area contributed by atoms with E-state index in [1.165, 1.54) is 12.7 Å². The number of methoxy groups -OCH3 is 2. The molecule has 0 radical (unpaired) electrons. The third-order valence-corrected chi connectivity index (χ3v) is 5.57. The highest BCUT2D eigenvalue weighted by Crippen LogP contribution is 2.41. The van der Waals surface area contributed by atoms with Gasteiger partial charge in [-0.15, -0.1) is 0 Å². The summed E-state index contributed by atoms with van der Waals surface area (Å²) in [4.78, 5) is 25.6. The second-order valence-corrected chi connectivity index (χ2v) is 7.05. The number of hydrogen-bond acceptors (Lipinski definition) is 4. The van der Waals surface area contributed by atoms with Gasteiger partial charge in [0.2, 0.25) is 5.91 Å². The van der Waals surface area contributed by atoms with Crippen molar-refractivity contribution in [3.63, 3.8) is 0 Å². The number of hydrogen-bond donors (Lipinski definition) is 1. The van der Waals surface area contributed by atoms with E-state index in [9.17, 15) is 9.59 Å². The van der Waals surface area contributed by atoms with Crippen LogP contribution in [0, 0.1) is 5.92 Å². The minimum absolute atomic E-state index is 0.0167. The molecule has 136 valence electrons. The maximum Gasteiger partial charge on any atom is 0.407 e. The summed E-state index contributed by atoms with van der Waals surface area (Å²) in [5.41, 5.74) is 1.28. The molecule has 6 heteroatoms.